The number of nitrogens with two attached hydrogens (primary N) is 1. The number of oxazole rings is 1. The number of nitrogens with zero attached hydrogens (tertiary/aromatic N) is 1. The number of amides is 2. The maximum atomic E-state index is 14.3. The van der Waals surface area contributed by atoms with Crippen LogP contribution < -0.4 is 20.5 Å². The Bertz CT molecular complexity index is 1420. The summed E-state index contributed by atoms with van der Waals surface area (Å²) in [5.74, 6) is -1.40. The van der Waals surface area contributed by atoms with Crippen molar-refractivity contribution in [3.63, 3.8) is 0 Å². The van der Waals surface area contributed by atoms with Gasteiger partial charge in [-0.05, 0) is 60.9 Å². The van der Waals surface area contributed by atoms with Gasteiger partial charge in [-0.3, -0.25) is 4.79 Å². The van der Waals surface area contributed by atoms with Gasteiger partial charge in [0, 0.05) is 22.7 Å². The molecule has 1 atom stereocenters. The Morgan fingerprint density at radius 1 is 1.19 bits per heavy atom. The molecule has 42 heavy (non-hydrogen) atoms. The number of hydrogen-bond acceptors (Lipinski definition) is 7. The Hall–Kier alpha value is -3.93. The molecular formula is C29H31ClF3N3O6. The van der Waals surface area contributed by atoms with Crippen LogP contribution in [0.2, 0.25) is 5.02 Å². The Morgan fingerprint density at radius 2 is 1.93 bits per heavy atom. The molecule has 1 unspecified atom stereocenters. The minimum absolute atomic E-state index is 0.0410. The summed E-state index contributed by atoms with van der Waals surface area (Å²) >= 11 is 6.10. The average Bonchev–Trinajstić information content (AvgIpc) is 3.61. The van der Waals surface area contributed by atoms with Gasteiger partial charge >= 0.3 is 12.7 Å². The van der Waals surface area contributed by atoms with Gasteiger partial charge in [-0.15, -0.1) is 0 Å². The predicted molar refractivity (Wildman–Crippen MR) is 147 cm³/mol. The molecule has 3 N–H and O–H groups in total. The summed E-state index contributed by atoms with van der Waals surface area (Å²) in [6.07, 6.45) is -0.0794. The second kappa shape index (κ2) is 12.9. The minimum Gasteiger partial charge on any atom is -0.489 e. The lowest BCUT2D eigenvalue weighted by atomic mass is 9.88. The number of benzene rings is 2. The molecule has 1 saturated carbocycles. The van der Waals surface area contributed by atoms with Crippen molar-refractivity contribution < 1.29 is 41.4 Å². The smallest absolute Gasteiger partial charge is 0.405 e. The molecule has 0 aliphatic heterocycles. The molecule has 0 saturated heterocycles. The van der Waals surface area contributed by atoms with Crippen LogP contribution in [-0.2, 0) is 11.3 Å². The quantitative estimate of drug-likeness (QED) is 0.226. The summed E-state index contributed by atoms with van der Waals surface area (Å²) in [6.45, 7) is 2.61. The van der Waals surface area contributed by atoms with E-state index in [4.69, 9.17) is 31.2 Å². The molecule has 1 aliphatic carbocycles. The number of nitrogens with one attached hydrogen (secondary N) is 1. The zero-order valence-corrected chi connectivity index (χ0v) is 24.0. The number of primary amides is 1. The first-order valence-corrected chi connectivity index (χ1v) is 13.6. The third-order valence-corrected chi connectivity index (χ3v) is 6.64. The van der Waals surface area contributed by atoms with E-state index in [1.807, 2.05) is 20.8 Å². The zero-order valence-electron chi connectivity index (χ0n) is 23.2. The normalized spacial score (nSPS) is 14.0. The molecule has 1 heterocycles. The van der Waals surface area contributed by atoms with E-state index < -0.39 is 35.9 Å². The standard InChI is InChI=1S/C29H31ClF3N3O6/c1-29(2,3)12-22(41-28(34)38)24-23(25(37)35-13-17-18(30)5-4-6-19(17)31)36-26(42-24)16-9-10-20(40-27(32)33)21(11-16)39-14-15-7-8-15/h4-6,9-11,15,22,27H,7-8,12-14H2,1-3H3,(H2,34,38)(H,35,37). The van der Waals surface area contributed by atoms with Crippen molar-refractivity contribution >= 4 is 23.6 Å². The third kappa shape index (κ3) is 8.31. The van der Waals surface area contributed by atoms with Crippen LogP contribution in [0.4, 0.5) is 18.0 Å². The molecule has 3 aromatic rings. The van der Waals surface area contributed by atoms with Gasteiger partial charge in [-0.1, -0.05) is 38.4 Å². The molecule has 1 aromatic heterocycles. The number of halogens is 4. The van der Waals surface area contributed by atoms with Crippen molar-refractivity contribution in [3.8, 4) is 23.0 Å². The number of carbonyl (C=O) groups is 2. The summed E-state index contributed by atoms with van der Waals surface area (Å²) in [6, 6.07) is 8.22. The largest absolute Gasteiger partial charge is 0.489 e. The molecule has 1 fully saturated rings. The molecule has 0 spiro atoms. The van der Waals surface area contributed by atoms with Gasteiger partial charge in [0.1, 0.15) is 5.82 Å². The van der Waals surface area contributed by atoms with Gasteiger partial charge in [0.05, 0.1) is 6.61 Å². The highest BCUT2D eigenvalue weighted by Gasteiger charge is 2.33. The monoisotopic (exact) mass is 609 g/mol. The van der Waals surface area contributed by atoms with Crippen molar-refractivity contribution in [3.05, 3.63) is 64.3 Å². The maximum absolute atomic E-state index is 14.3. The number of ether oxygens (including phenoxy) is 3. The summed E-state index contributed by atoms with van der Waals surface area (Å²) in [4.78, 5) is 29.5. The molecule has 4 rings (SSSR count). The van der Waals surface area contributed by atoms with E-state index in [1.165, 1.54) is 36.4 Å². The highest BCUT2D eigenvalue weighted by molar-refractivity contribution is 6.31. The Kier molecular flexibility index (Phi) is 9.55. The first-order valence-electron chi connectivity index (χ1n) is 13.2. The summed E-state index contributed by atoms with van der Waals surface area (Å²) in [7, 11) is 0. The first-order chi connectivity index (χ1) is 19.8. The summed E-state index contributed by atoms with van der Waals surface area (Å²) in [5, 5.41) is 2.68. The minimum atomic E-state index is -3.07. The van der Waals surface area contributed by atoms with Gasteiger partial charge in [0.25, 0.3) is 5.91 Å². The van der Waals surface area contributed by atoms with Crippen LogP contribution in [0.5, 0.6) is 11.5 Å². The van der Waals surface area contributed by atoms with Gasteiger partial charge in [-0.25, -0.2) is 14.2 Å². The average molecular weight is 610 g/mol. The van der Waals surface area contributed by atoms with Gasteiger partial charge in [-0.2, -0.15) is 8.78 Å². The molecule has 2 aromatic carbocycles. The van der Waals surface area contributed by atoms with Crippen LogP contribution in [0.25, 0.3) is 11.5 Å². The van der Waals surface area contributed by atoms with Crippen molar-refractivity contribution in [1.82, 2.24) is 10.3 Å². The van der Waals surface area contributed by atoms with E-state index in [0.29, 0.717) is 12.5 Å². The van der Waals surface area contributed by atoms with Crippen molar-refractivity contribution in [1.29, 1.82) is 0 Å². The number of hydrogen-bond donors (Lipinski definition) is 2. The second-order valence-corrected chi connectivity index (χ2v) is 11.5. The van der Waals surface area contributed by atoms with Crippen LogP contribution in [-0.4, -0.2) is 30.2 Å². The van der Waals surface area contributed by atoms with E-state index in [-0.39, 0.29) is 58.0 Å². The van der Waals surface area contributed by atoms with Crippen molar-refractivity contribution in [2.24, 2.45) is 17.1 Å². The van der Waals surface area contributed by atoms with E-state index in [1.54, 1.807) is 0 Å². The number of alkyl halides is 2. The first kappa shape index (κ1) is 31.0. The number of rotatable bonds is 12. The van der Waals surface area contributed by atoms with E-state index in [0.717, 1.165) is 12.8 Å². The van der Waals surface area contributed by atoms with Crippen LogP contribution in [0, 0.1) is 17.2 Å². The lowest BCUT2D eigenvalue weighted by molar-refractivity contribution is -0.0515. The lowest BCUT2D eigenvalue weighted by Crippen LogP contribution is -2.27. The van der Waals surface area contributed by atoms with Crippen molar-refractivity contribution in [2.75, 3.05) is 6.61 Å². The van der Waals surface area contributed by atoms with Gasteiger partial charge in [0.15, 0.2) is 29.1 Å². The fraction of sp³-hybridized carbons (Fsp3) is 0.414. The molecule has 2 amide bonds. The fourth-order valence-electron chi connectivity index (χ4n) is 4.11. The Labute approximate surface area is 245 Å². The van der Waals surface area contributed by atoms with Gasteiger partial charge in [0.2, 0.25) is 5.89 Å². The molecule has 1 aliphatic rings. The van der Waals surface area contributed by atoms with Gasteiger partial charge < -0.3 is 29.7 Å². The third-order valence-electron chi connectivity index (χ3n) is 6.28. The van der Waals surface area contributed by atoms with Crippen LogP contribution in [0.3, 0.4) is 0 Å². The molecule has 0 bridgehead atoms. The van der Waals surface area contributed by atoms with Crippen LogP contribution in [0.15, 0.2) is 40.8 Å². The molecule has 226 valence electrons. The highest BCUT2D eigenvalue weighted by atomic mass is 35.5. The highest BCUT2D eigenvalue weighted by Crippen LogP contribution is 2.39. The molecule has 0 radical (unpaired) electrons. The van der Waals surface area contributed by atoms with Crippen molar-refractivity contribution in [2.45, 2.75) is 59.3 Å². The Morgan fingerprint density at radius 3 is 2.55 bits per heavy atom. The Balaban J connectivity index is 1.73. The molecule has 9 nitrogen and oxygen atoms in total. The van der Waals surface area contributed by atoms with E-state index in [9.17, 15) is 22.8 Å². The summed E-state index contributed by atoms with van der Waals surface area (Å²) < 4.78 is 62.0. The second-order valence-electron chi connectivity index (χ2n) is 11.1. The fourth-order valence-corrected chi connectivity index (χ4v) is 4.34. The summed E-state index contributed by atoms with van der Waals surface area (Å²) in [5.41, 5.74) is 4.99. The maximum Gasteiger partial charge on any atom is 0.405 e. The molecule has 13 heteroatoms. The van der Waals surface area contributed by atoms with Crippen LogP contribution >= 0.6 is 11.6 Å². The predicted octanol–water partition coefficient (Wildman–Crippen LogP) is 7.03. The van der Waals surface area contributed by atoms with E-state index >= 15 is 0 Å². The zero-order chi connectivity index (χ0) is 30.6. The molecular weight excluding hydrogens is 579 g/mol. The number of aromatic nitrogens is 1. The van der Waals surface area contributed by atoms with E-state index in [2.05, 4.69) is 15.0 Å². The number of carbonyl (C=O) groups excluding carboxylic acids is 2. The lowest BCUT2D eigenvalue weighted by Gasteiger charge is -2.24. The SMILES string of the molecule is CC(C)(C)CC(OC(N)=O)c1oc(-c2ccc(OC(F)F)c(OCC3CC3)c2)nc1C(=O)NCc1c(F)cccc1Cl. The van der Waals surface area contributed by atoms with Crippen LogP contribution in [0.1, 0.15) is 67.9 Å². The topological polar surface area (TPSA) is 126 Å².